The summed E-state index contributed by atoms with van der Waals surface area (Å²) >= 11 is 5.36. The van der Waals surface area contributed by atoms with Gasteiger partial charge < -0.3 is 19.9 Å². The average molecular weight is 437 g/mol. The molecule has 0 bridgehead atoms. The van der Waals surface area contributed by atoms with Crippen molar-refractivity contribution < 1.29 is 19.4 Å². The van der Waals surface area contributed by atoms with Crippen LogP contribution >= 0.6 is 12.2 Å². The van der Waals surface area contributed by atoms with Crippen molar-refractivity contribution in [3.8, 4) is 11.5 Å². The Morgan fingerprint density at radius 1 is 1.10 bits per heavy atom. The zero-order chi connectivity index (χ0) is 22.0. The fourth-order valence-electron chi connectivity index (χ4n) is 3.90. The number of anilines is 1. The third kappa shape index (κ3) is 4.06. The number of hydrogen-bond donors (Lipinski definition) is 2. The van der Waals surface area contributed by atoms with Crippen molar-refractivity contribution in [3.63, 3.8) is 0 Å². The van der Waals surface area contributed by atoms with Crippen LogP contribution in [0.2, 0.25) is 0 Å². The lowest BCUT2D eigenvalue weighted by molar-refractivity contribution is -0.126. The maximum absolute atomic E-state index is 13.5. The van der Waals surface area contributed by atoms with Crippen LogP contribution < -0.4 is 19.7 Å². The third-order valence-corrected chi connectivity index (χ3v) is 5.75. The number of carbonyl (C=O) groups is 1. The molecule has 0 saturated carbocycles. The Balaban J connectivity index is 1.71. The van der Waals surface area contributed by atoms with E-state index in [1.165, 1.54) is 4.90 Å². The highest BCUT2D eigenvalue weighted by Crippen LogP contribution is 2.33. The van der Waals surface area contributed by atoms with Gasteiger partial charge in [-0.2, -0.15) is 0 Å². The van der Waals surface area contributed by atoms with Crippen LogP contribution in [0.15, 0.2) is 60.7 Å². The molecule has 3 aromatic carbocycles. The second-order valence-electron chi connectivity index (χ2n) is 7.27. The summed E-state index contributed by atoms with van der Waals surface area (Å²) in [5.74, 6) is 0.391. The van der Waals surface area contributed by atoms with E-state index in [4.69, 9.17) is 21.7 Å². The van der Waals surface area contributed by atoms with Crippen LogP contribution in [0.25, 0.3) is 10.8 Å². The van der Waals surface area contributed by atoms with Gasteiger partial charge in [-0.1, -0.05) is 30.3 Å². The first kappa shape index (κ1) is 21.1. The molecule has 1 amide bonds. The number of aliphatic hydroxyl groups excluding tert-OH is 1. The first-order valence-corrected chi connectivity index (χ1v) is 10.5. The molecule has 4 rings (SSSR count). The summed E-state index contributed by atoms with van der Waals surface area (Å²) in [6.07, 6.45) is -0.790. The number of benzene rings is 3. The average Bonchev–Trinajstić information content (AvgIpc) is 2.78. The predicted molar refractivity (Wildman–Crippen MR) is 125 cm³/mol. The Morgan fingerprint density at radius 3 is 2.55 bits per heavy atom. The predicted octanol–water partition coefficient (Wildman–Crippen LogP) is 3.65. The quantitative estimate of drug-likeness (QED) is 0.575. The zero-order valence-electron chi connectivity index (χ0n) is 17.4. The fourth-order valence-corrected chi connectivity index (χ4v) is 4.22. The number of methoxy groups -OCH3 is 1. The molecule has 0 radical (unpaired) electrons. The summed E-state index contributed by atoms with van der Waals surface area (Å²) in [6.45, 7) is 2.43. The Morgan fingerprint density at radius 2 is 1.84 bits per heavy atom. The van der Waals surface area contributed by atoms with E-state index in [9.17, 15) is 9.90 Å². The van der Waals surface area contributed by atoms with Crippen LogP contribution in [-0.4, -0.2) is 36.1 Å². The summed E-state index contributed by atoms with van der Waals surface area (Å²) in [5, 5.41) is 15.8. The summed E-state index contributed by atoms with van der Waals surface area (Å²) < 4.78 is 11.0. The minimum Gasteiger partial charge on any atom is -0.497 e. The molecule has 1 heterocycles. The molecule has 0 spiro atoms. The van der Waals surface area contributed by atoms with Gasteiger partial charge in [0.25, 0.3) is 0 Å². The number of hydrogen-bond acceptors (Lipinski definition) is 5. The van der Waals surface area contributed by atoms with Crippen LogP contribution in [-0.2, 0) is 11.2 Å². The minimum atomic E-state index is -1.09. The van der Waals surface area contributed by atoms with Crippen molar-refractivity contribution in [2.75, 3.05) is 18.6 Å². The van der Waals surface area contributed by atoms with Crippen LogP contribution in [0, 0.1) is 5.92 Å². The lowest BCUT2D eigenvalue weighted by Crippen LogP contribution is -2.60. The molecule has 6 nitrogen and oxygen atoms in total. The van der Waals surface area contributed by atoms with E-state index in [1.807, 2.05) is 43.3 Å². The fraction of sp³-hybridized carbons (Fsp3) is 0.250. The van der Waals surface area contributed by atoms with Gasteiger partial charge in [-0.05, 0) is 66.7 Å². The van der Waals surface area contributed by atoms with Gasteiger partial charge in [-0.15, -0.1) is 0 Å². The number of amides is 1. The number of aliphatic hydroxyl groups is 1. The van der Waals surface area contributed by atoms with Crippen LogP contribution in [0.1, 0.15) is 12.5 Å². The summed E-state index contributed by atoms with van der Waals surface area (Å²) in [7, 11) is 1.58. The lowest BCUT2D eigenvalue weighted by Gasteiger charge is -2.37. The SMILES string of the molecule is CCOc1ccc2ccccc2c1CC1C(=O)N(c2ccc(OC)cc2)C(=S)NC1O. The standard InChI is InChI=1S/C24H24N2O4S/c1-3-30-21-13-8-15-6-4-5-7-18(15)19(21)14-20-22(27)25-24(31)26(23(20)28)16-9-11-17(29-2)12-10-16/h4-13,20,22,27H,3,14H2,1-2H3,(H,25,31). The zero-order valence-corrected chi connectivity index (χ0v) is 18.2. The van der Waals surface area contributed by atoms with E-state index in [1.54, 1.807) is 31.4 Å². The highest BCUT2D eigenvalue weighted by atomic mass is 32.1. The highest BCUT2D eigenvalue weighted by Gasteiger charge is 2.40. The second-order valence-corrected chi connectivity index (χ2v) is 7.66. The van der Waals surface area contributed by atoms with E-state index in [0.29, 0.717) is 30.2 Å². The highest BCUT2D eigenvalue weighted by molar-refractivity contribution is 7.80. The van der Waals surface area contributed by atoms with Gasteiger partial charge in [0, 0.05) is 5.56 Å². The first-order chi connectivity index (χ1) is 15.0. The molecule has 1 aliphatic rings. The molecule has 2 N–H and O–H groups in total. The summed E-state index contributed by atoms with van der Waals surface area (Å²) in [5.41, 5.74) is 1.50. The largest absolute Gasteiger partial charge is 0.497 e. The van der Waals surface area contributed by atoms with Crippen molar-refractivity contribution in [1.29, 1.82) is 0 Å². The van der Waals surface area contributed by atoms with E-state index >= 15 is 0 Å². The van der Waals surface area contributed by atoms with Crippen molar-refractivity contribution in [2.45, 2.75) is 19.6 Å². The molecule has 1 fully saturated rings. The molecule has 0 aromatic heterocycles. The van der Waals surface area contributed by atoms with E-state index in [2.05, 4.69) is 5.32 Å². The minimum absolute atomic E-state index is 0.168. The number of carbonyl (C=O) groups excluding carboxylic acids is 1. The van der Waals surface area contributed by atoms with Gasteiger partial charge in [-0.3, -0.25) is 9.69 Å². The number of nitrogens with one attached hydrogen (secondary N) is 1. The Labute approximate surface area is 186 Å². The molecule has 0 aliphatic carbocycles. The Hall–Kier alpha value is -3.16. The Kier molecular flexibility index (Phi) is 6.06. The van der Waals surface area contributed by atoms with Crippen LogP contribution in [0.5, 0.6) is 11.5 Å². The normalized spacial score (nSPS) is 18.7. The van der Waals surface area contributed by atoms with E-state index in [0.717, 1.165) is 16.3 Å². The van der Waals surface area contributed by atoms with Gasteiger partial charge in [0.2, 0.25) is 5.91 Å². The number of fused-ring (bicyclic) bond motifs is 1. The van der Waals surface area contributed by atoms with Crippen LogP contribution in [0.4, 0.5) is 5.69 Å². The number of thiocarbonyl (C=S) groups is 1. The molecular weight excluding hydrogens is 412 g/mol. The monoisotopic (exact) mass is 436 g/mol. The molecule has 2 unspecified atom stereocenters. The van der Waals surface area contributed by atoms with E-state index < -0.39 is 12.1 Å². The first-order valence-electron chi connectivity index (χ1n) is 10.1. The molecule has 31 heavy (non-hydrogen) atoms. The summed E-state index contributed by atoms with van der Waals surface area (Å²) in [4.78, 5) is 14.9. The lowest BCUT2D eigenvalue weighted by atomic mass is 9.90. The topological polar surface area (TPSA) is 71.0 Å². The van der Waals surface area contributed by atoms with Crippen molar-refractivity contribution in [2.24, 2.45) is 5.92 Å². The maximum Gasteiger partial charge on any atom is 0.241 e. The van der Waals surface area contributed by atoms with Gasteiger partial charge >= 0.3 is 0 Å². The second kappa shape index (κ2) is 8.91. The molecule has 1 aliphatic heterocycles. The molecule has 3 aromatic rings. The van der Waals surface area contributed by atoms with Crippen molar-refractivity contribution >= 4 is 39.7 Å². The van der Waals surface area contributed by atoms with Gasteiger partial charge in [0.1, 0.15) is 17.7 Å². The number of nitrogens with zero attached hydrogens (tertiary/aromatic N) is 1. The molecule has 7 heteroatoms. The Bertz CT molecular complexity index is 1120. The third-order valence-electron chi connectivity index (χ3n) is 5.45. The smallest absolute Gasteiger partial charge is 0.241 e. The van der Waals surface area contributed by atoms with Crippen molar-refractivity contribution in [3.05, 3.63) is 66.2 Å². The van der Waals surface area contributed by atoms with E-state index in [-0.39, 0.29) is 11.0 Å². The van der Waals surface area contributed by atoms with Crippen LogP contribution in [0.3, 0.4) is 0 Å². The molecule has 160 valence electrons. The van der Waals surface area contributed by atoms with Gasteiger partial charge in [-0.25, -0.2) is 0 Å². The van der Waals surface area contributed by atoms with Gasteiger partial charge in [0.15, 0.2) is 5.11 Å². The number of rotatable bonds is 6. The van der Waals surface area contributed by atoms with Gasteiger partial charge in [0.05, 0.1) is 25.3 Å². The number of ether oxygens (including phenoxy) is 2. The maximum atomic E-state index is 13.5. The molecule has 2 atom stereocenters. The summed E-state index contributed by atoms with van der Waals surface area (Å²) in [6, 6.07) is 18.9. The molecule has 1 saturated heterocycles. The molecular formula is C24H24N2O4S. The van der Waals surface area contributed by atoms with Crippen molar-refractivity contribution in [1.82, 2.24) is 5.32 Å².